The van der Waals surface area contributed by atoms with E-state index >= 15 is 0 Å². The highest BCUT2D eigenvalue weighted by atomic mass is 79.9. The minimum atomic E-state index is 0.151. The third-order valence-corrected chi connectivity index (χ3v) is 4.39. The molecule has 0 saturated heterocycles. The van der Waals surface area contributed by atoms with Crippen LogP contribution in [0.2, 0.25) is 0 Å². The zero-order valence-electron chi connectivity index (χ0n) is 12.9. The second-order valence-corrected chi connectivity index (χ2v) is 7.50. The van der Waals surface area contributed by atoms with Gasteiger partial charge in [0.25, 0.3) is 0 Å². The van der Waals surface area contributed by atoms with E-state index in [0.717, 1.165) is 10.9 Å². The zero-order valence-corrected chi connectivity index (χ0v) is 14.5. The van der Waals surface area contributed by atoms with E-state index in [0.29, 0.717) is 0 Å². The third-order valence-electron chi connectivity index (χ3n) is 3.86. The molecule has 21 heavy (non-hydrogen) atoms. The summed E-state index contributed by atoms with van der Waals surface area (Å²) in [6.45, 7) is 6.84. The van der Waals surface area contributed by atoms with Gasteiger partial charge in [0.05, 0.1) is 6.61 Å². The highest BCUT2D eigenvalue weighted by Gasteiger charge is 2.15. The fraction of sp³-hybridized carbons (Fsp3) is 0.368. The number of aliphatic hydroxyl groups excluding tert-OH is 1. The minimum absolute atomic E-state index is 0.151. The van der Waals surface area contributed by atoms with Gasteiger partial charge in [0.1, 0.15) is 0 Å². The molecule has 1 nitrogen and oxygen atoms in total. The van der Waals surface area contributed by atoms with Crippen LogP contribution in [-0.2, 0) is 11.8 Å². The van der Waals surface area contributed by atoms with Gasteiger partial charge >= 0.3 is 0 Å². The first kappa shape index (κ1) is 16.3. The van der Waals surface area contributed by atoms with Crippen molar-refractivity contribution in [3.63, 3.8) is 0 Å². The van der Waals surface area contributed by atoms with Crippen LogP contribution in [0, 0.1) is 0 Å². The molecule has 2 aromatic rings. The number of hydrogen-bond donors (Lipinski definition) is 1. The molecule has 2 aromatic carbocycles. The zero-order chi connectivity index (χ0) is 15.5. The van der Waals surface area contributed by atoms with Gasteiger partial charge in [-0.1, -0.05) is 73.1 Å². The van der Waals surface area contributed by atoms with E-state index in [9.17, 15) is 5.11 Å². The summed E-state index contributed by atoms with van der Waals surface area (Å²) >= 11 is 3.45. The van der Waals surface area contributed by atoms with Crippen LogP contribution in [0.1, 0.15) is 43.4 Å². The molecule has 0 aliphatic rings. The van der Waals surface area contributed by atoms with Crippen LogP contribution in [-0.4, -0.2) is 11.7 Å². The first-order valence-electron chi connectivity index (χ1n) is 7.36. The number of rotatable bonds is 4. The first-order chi connectivity index (χ1) is 9.90. The van der Waals surface area contributed by atoms with Crippen LogP contribution in [0.25, 0.3) is 0 Å². The number of aliphatic hydroxyl groups is 1. The monoisotopic (exact) mass is 346 g/mol. The summed E-state index contributed by atoms with van der Waals surface area (Å²) in [5, 5.41) is 9.68. The highest BCUT2D eigenvalue weighted by molar-refractivity contribution is 9.10. The molecule has 2 rings (SSSR count). The Balaban J connectivity index is 2.13. The lowest BCUT2D eigenvalue weighted by molar-refractivity contribution is 0.264. The van der Waals surface area contributed by atoms with Crippen molar-refractivity contribution in [2.24, 2.45) is 0 Å². The molecule has 1 atom stereocenters. The Bertz CT molecular complexity index is 564. The summed E-state index contributed by atoms with van der Waals surface area (Å²) in [5.41, 5.74) is 3.97. The summed E-state index contributed by atoms with van der Waals surface area (Å²) in [7, 11) is 0. The summed E-state index contributed by atoms with van der Waals surface area (Å²) in [4.78, 5) is 0. The minimum Gasteiger partial charge on any atom is -0.396 e. The van der Waals surface area contributed by atoms with Crippen LogP contribution in [0.3, 0.4) is 0 Å². The maximum absolute atomic E-state index is 9.68. The van der Waals surface area contributed by atoms with Crippen molar-refractivity contribution >= 4 is 15.9 Å². The highest BCUT2D eigenvalue weighted by Crippen LogP contribution is 2.25. The Labute approximate surface area is 136 Å². The Morgan fingerprint density at radius 3 is 2.00 bits per heavy atom. The van der Waals surface area contributed by atoms with E-state index in [1.807, 2.05) is 12.1 Å². The van der Waals surface area contributed by atoms with Crippen molar-refractivity contribution in [1.82, 2.24) is 0 Å². The summed E-state index contributed by atoms with van der Waals surface area (Å²) in [6.07, 6.45) is 0.864. The average Bonchev–Trinajstić information content (AvgIpc) is 2.45. The molecule has 0 saturated carbocycles. The molecule has 1 N–H and O–H groups in total. The predicted molar refractivity (Wildman–Crippen MR) is 92.8 cm³/mol. The predicted octanol–water partition coefficient (Wildman–Crippen LogP) is 5.07. The molecule has 0 fully saturated rings. The van der Waals surface area contributed by atoms with Gasteiger partial charge in [0.15, 0.2) is 0 Å². The molecule has 2 heteroatoms. The Hall–Kier alpha value is -1.12. The average molecular weight is 347 g/mol. The topological polar surface area (TPSA) is 20.2 Å². The van der Waals surface area contributed by atoms with Crippen LogP contribution in [0.15, 0.2) is 53.0 Å². The summed E-state index contributed by atoms with van der Waals surface area (Å²) in [6, 6.07) is 17.0. The standard InChI is InChI=1S/C19H23BrO/c1-19(2,3)17-8-4-14(5-9-17)12-16(13-21)15-6-10-18(20)11-7-15/h4-11,16,21H,12-13H2,1-3H3. The largest absolute Gasteiger partial charge is 0.396 e. The van der Waals surface area contributed by atoms with Gasteiger partial charge in [-0.2, -0.15) is 0 Å². The SMILES string of the molecule is CC(C)(C)c1ccc(CC(CO)c2ccc(Br)cc2)cc1. The Morgan fingerprint density at radius 1 is 0.952 bits per heavy atom. The van der Waals surface area contributed by atoms with Crippen LogP contribution in [0.5, 0.6) is 0 Å². The van der Waals surface area contributed by atoms with Gasteiger partial charge in [-0.25, -0.2) is 0 Å². The fourth-order valence-electron chi connectivity index (χ4n) is 2.45. The van der Waals surface area contributed by atoms with E-state index in [1.54, 1.807) is 0 Å². The summed E-state index contributed by atoms with van der Waals surface area (Å²) in [5.74, 6) is 0.151. The Morgan fingerprint density at radius 2 is 1.52 bits per heavy atom. The lowest BCUT2D eigenvalue weighted by atomic mass is 9.85. The molecule has 0 spiro atoms. The second kappa shape index (κ2) is 6.76. The quantitative estimate of drug-likeness (QED) is 0.819. The number of hydrogen-bond acceptors (Lipinski definition) is 1. The van der Waals surface area contributed by atoms with E-state index in [-0.39, 0.29) is 17.9 Å². The van der Waals surface area contributed by atoms with E-state index in [2.05, 4.69) is 73.1 Å². The molecule has 0 bridgehead atoms. The van der Waals surface area contributed by atoms with E-state index in [4.69, 9.17) is 0 Å². The van der Waals surface area contributed by atoms with Crippen LogP contribution >= 0.6 is 15.9 Å². The van der Waals surface area contributed by atoms with Gasteiger partial charge < -0.3 is 5.11 Å². The van der Waals surface area contributed by atoms with Gasteiger partial charge in [0.2, 0.25) is 0 Å². The molecule has 0 aliphatic carbocycles. The molecular weight excluding hydrogens is 324 g/mol. The number of benzene rings is 2. The van der Waals surface area contributed by atoms with Crippen molar-refractivity contribution in [3.8, 4) is 0 Å². The van der Waals surface area contributed by atoms with E-state index in [1.165, 1.54) is 16.7 Å². The van der Waals surface area contributed by atoms with Gasteiger partial charge in [-0.15, -0.1) is 0 Å². The molecule has 0 aliphatic heterocycles. The lowest BCUT2D eigenvalue weighted by Gasteiger charge is -2.20. The maximum atomic E-state index is 9.68. The summed E-state index contributed by atoms with van der Waals surface area (Å²) < 4.78 is 1.07. The molecular formula is C19H23BrO. The lowest BCUT2D eigenvalue weighted by Crippen LogP contribution is -2.11. The van der Waals surface area contributed by atoms with Gasteiger partial charge in [0, 0.05) is 10.4 Å². The normalized spacial score (nSPS) is 13.2. The van der Waals surface area contributed by atoms with Crippen molar-refractivity contribution in [1.29, 1.82) is 0 Å². The molecule has 0 heterocycles. The maximum Gasteiger partial charge on any atom is 0.0502 e. The van der Waals surface area contributed by atoms with Crippen molar-refractivity contribution in [2.75, 3.05) is 6.61 Å². The van der Waals surface area contributed by atoms with Crippen molar-refractivity contribution in [3.05, 3.63) is 69.7 Å². The molecule has 112 valence electrons. The molecule has 0 amide bonds. The molecule has 0 aromatic heterocycles. The number of halogens is 1. The van der Waals surface area contributed by atoms with Gasteiger partial charge in [-0.3, -0.25) is 0 Å². The van der Waals surface area contributed by atoms with Crippen molar-refractivity contribution in [2.45, 2.75) is 38.5 Å². The van der Waals surface area contributed by atoms with Gasteiger partial charge in [-0.05, 0) is 40.7 Å². The van der Waals surface area contributed by atoms with Crippen LogP contribution in [0.4, 0.5) is 0 Å². The molecule has 0 radical (unpaired) electrons. The Kier molecular flexibility index (Phi) is 5.23. The third kappa shape index (κ3) is 4.42. The smallest absolute Gasteiger partial charge is 0.0502 e. The van der Waals surface area contributed by atoms with Crippen LogP contribution < -0.4 is 0 Å². The van der Waals surface area contributed by atoms with E-state index < -0.39 is 0 Å². The second-order valence-electron chi connectivity index (χ2n) is 6.58. The first-order valence-corrected chi connectivity index (χ1v) is 8.15. The fourth-order valence-corrected chi connectivity index (χ4v) is 2.71. The van der Waals surface area contributed by atoms with Crippen molar-refractivity contribution < 1.29 is 5.11 Å². The molecule has 1 unspecified atom stereocenters.